The number of aromatic nitrogens is 1. The molecule has 2 rings (SSSR count). The molecule has 0 amide bonds. The fraction of sp³-hybridized carbons (Fsp3) is 0.577. The molecular weight excluding hydrogens is 436 g/mol. The number of hydrogen-bond donors (Lipinski definition) is 1. The topological polar surface area (TPSA) is 77.5 Å². The number of carbonyl (C=O) groups excluding carboxylic acids is 2. The largest absolute Gasteiger partial charge is 0.465 e. The predicted molar refractivity (Wildman–Crippen MR) is 133 cm³/mol. The highest BCUT2D eigenvalue weighted by molar-refractivity contribution is 7.13. The summed E-state index contributed by atoms with van der Waals surface area (Å²) >= 11 is 1.54. The smallest absolute Gasteiger partial charge is 0.323 e. The van der Waals surface area contributed by atoms with Gasteiger partial charge in [0.2, 0.25) is 0 Å². The molecule has 0 radical (unpaired) electrons. The molecule has 0 saturated heterocycles. The molecule has 1 N–H and O–H groups in total. The van der Waals surface area contributed by atoms with E-state index in [1.165, 1.54) is 0 Å². The molecule has 2 aromatic rings. The van der Waals surface area contributed by atoms with E-state index >= 15 is 0 Å². The molecule has 0 spiro atoms. The number of ether oxygens (including phenoxy) is 2. The fourth-order valence-corrected chi connectivity index (χ4v) is 4.15. The Morgan fingerprint density at radius 2 is 1.58 bits per heavy atom. The third-order valence-electron chi connectivity index (χ3n) is 5.15. The maximum absolute atomic E-state index is 12.9. The third-order valence-corrected chi connectivity index (χ3v) is 6.09. The number of benzene rings is 1. The first-order chi connectivity index (χ1) is 15.9. The van der Waals surface area contributed by atoms with Crippen molar-refractivity contribution in [2.24, 2.45) is 5.92 Å². The zero-order valence-corrected chi connectivity index (χ0v) is 21.2. The number of esters is 2. The predicted octanol–water partition coefficient (Wildman–Crippen LogP) is 5.41. The van der Waals surface area contributed by atoms with Gasteiger partial charge in [0.1, 0.15) is 17.1 Å². The zero-order valence-electron chi connectivity index (χ0n) is 20.3. The Hall–Kier alpha value is -2.25. The summed E-state index contributed by atoms with van der Waals surface area (Å²) in [5.41, 5.74) is 1.84. The SMILES string of the molecule is CCCCOC(=O)[C@H](Cc1csc(-c2ccccc2)n1)N[C@@H](CC(C)C)C(=O)OCCCC. The van der Waals surface area contributed by atoms with E-state index in [9.17, 15) is 9.59 Å². The van der Waals surface area contributed by atoms with Crippen LogP contribution in [-0.4, -0.2) is 42.2 Å². The number of carbonyl (C=O) groups is 2. The summed E-state index contributed by atoms with van der Waals surface area (Å²) in [7, 11) is 0. The van der Waals surface area contributed by atoms with Gasteiger partial charge in [0.25, 0.3) is 0 Å². The van der Waals surface area contributed by atoms with E-state index < -0.39 is 12.1 Å². The Kier molecular flexibility index (Phi) is 12.1. The average molecular weight is 475 g/mol. The Morgan fingerprint density at radius 3 is 2.15 bits per heavy atom. The van der Waals surface area contributed by atoms with Gasteiger partial charge in [-0.25, -0.2) is 4.98 Å². The van der Waals surface area contributed by atoms with Crippen LogP contribution in [0, 0.1) is 5.92 Å². The molecule has 1 aromatic carbocycles. The van der Waals surface area contributed by atoms with Gasteiger partial charge in [0, 0.05) is 17.4 Å². The average Bonchev–Trinajstić information content (AvgIpc) is 3.27. The minimum absolute atomic E-state index is 0.266. The molecule has 0 bridgehead atoms. The second-order valence-corrected chi connectivity index (χ2v) is 9.52. The summed E-state index contributed by atoms with van der Waals surface area (Å²) in [6.45, 7) is 8.97. The van der Waals surface area contributed by atoms with Crippen LogP contribution in [0.2, 0.25) is 0 Å². The van der Waals surface area contributed by atoms with E-state index in [4.69, 9.17) is 14.5 Å². The van der Waals surface area contributed by atoms with Crippen LogP contribution in [0.1, 0.15) is 65.5 Å². The van der Waals surface area contributed by atoms with Crippen LogP contribution < -0.4 is 5.32 Å². The maximum Gasteiger partial charge on any atom is 0.323 e. The van der Waals surface area contributed by atoms with Gasteiger partial charge < -0.3 is 9.47 Å². The van der Waals surface area contributed by atoms with Crippen LogP contribution in [0.5, 0.6) is 0 Å². The quantitative estimate of drug-likeness (QED) is 0.275. The Labute approximate surface area is 202 Å². The number of rotatable bonds is 15. The first-order valence-corrected chi connectivity index (χ1v) is 12.9. The molecule has 0 aliphatic rings. The lowest BCUT2D eigenvalue weighted by molar-refractivity contribution is -0.150. The summed E-state index contributed by atoms with van der Waals surface area (Å²) in [6, 6.07) is 8.72. The van der Waals surface area contributed by atoms with Crippen LogP contribution in [0.3, 0.4) is 0 Å². The van der Waals surface area contributed by atoms with Crippen molar-refractivity contribution >= 4 is 23.3 Å². The summed E-state index contributed by atoms with van der Waals surface area (Å²) < 4.78 is 11.0. The van der Waals surface area contributed by atoms with Gasteiger partial charge in [-0.2, -0.15) is 0 Å². The van der Waals surface area contributed by atoms with E-state index in [0.29, 0.717) is 26.1 Å². The van der Waals surface area contributed by atoms with Crippen molar-refractivity contribution in [2.45, 2.75) is 78.3 Å². The second kappa shape index (κ2) is 14.8. The molecule has 0 fully saturated rings. The van der Waals surface area contributed by atoms with E-state index in [2.05, 4.69) is 33.0 Å². The lowest BCUT2D eigenvalue weighted by Crippen LogP contribution is -2.50. The first kappa shape index (κ1) is 27.0. The Morgan fingerprint density at radius 1 is 0.970 bits per heavy atom. The van der Waals surface area contributed by atoms with Crippen molar-refractivity contribution in [1.82, 2.24) is 10.3 Å². The molecule has 0 aliphatic carbocycles. The molecule has 0 unspecified atom stereocenters. The molecule has 7 heteroatoms. The van der Waals surface area contributed by atoms with Gasteiger partial charge >= 0.3 is 11.9 Å². The normalized spacial score (nSPS) is 13.0. The van der Waals surface area contributed by atoms with E-state index in [0.717, 1.165) is 41.9 Å². The van der Waals surface area contributed by atoms with E-state index in [1.807, 2.05) is 35.7 Å². The van der Waals surface area contributed by atoms with Crippen molar-refractivity contribution in [1.29, 1.82) is 0 Å². The van der Waals surface area contributed by atoms with Gasteiger partial charge in [-0.1, -0.05) is 70.9 Å². The highest BCUT2D eigenvalue weighted by Crippen LogP contribution is 2.24. The number of hydrogen-bond acceptors (Lipinski definition) is 7. The number of thiazole rings is 1. The van der Waals surface area contributed by atoms with Crippen LogP contribution >= 0.6 is 11.3 Å². The summed E-state index contributed by atoms with van der Waals surface area (Å²) in [5.74, 6) is -0.401. The maximum atomic E-state index is 12.9. The van der Waals surface area contributed by atoms with E-state index in [-0.39, 0.29) is 17.9 Å². The Balaban J connectivity index is 2.16. The first-order valence-electron chi connectivity index (χ1n) is 12.0. The molecule has 33 heavy (non-hydrogen) atoms. The van der Waals surface area contributed by atoms with Crippen LogP contribution in [-0.2, 0) is 25.5 Å². The van der Waals surface area contributed by atoms with Gasteiger partial charge in [-0.05, 0) is 25.2 Å². The van der Waals surface area contributed by atoms with Gasteiger partial charge in [-0.15, -0.1) is 11.3 Å². The monoisotopic (exact) mass is 474 g/mol. The molecule has 182 valence electrons. The van der Waals surface area contributed by atoms with Crippen LogP contribution in [0.25, 0.3) is 10.6 Å². The van der Waals surface area contributed by atoms with Crippen LogP contribution in [0.4, 0.5) is 0 Å². The summed E-state index contributed by atoms with van der Waals surface area (Å²) in [6.07, 6.45) is 4.46. The molecular formula is C26H38N2O4S. The molecule has 0 saturated carbocycles. The molecule has 1 aromatic heterocycles. The summed E-state index contributed by atoms with van der Waals surface area (Å²) in [5, 5.41) is 6.12. The minimum Gasteiger partial charge on any atom is -0.465 e. The van der Waals surface area contributed by atoms with Crippen molar-refractivity contribution in [2.75, 3.05) is 13.2 Å². The molecule has 6 nitrogen and oxygen atoms in total. The van der Waals surface area contributed by atoms with Crippen molar-refractivity contribution < 1.29 is 19.1 Å². The minimum atomic E-state index is -0.671. The highest BCUT2D eigenvalue weighted by Gasteiger charge is 2.30. The molecule has 1 heterocycles. The fourth-order valence-electron chi connectivity index (χ4n) is 3.32. The van der Waals surface area contributed by atoms with Crippen molar-refractivity contribution in [3.05, 3.63) is 41.4 Å². The second-order valence-electron chi connectivity index (χ2n) is 8.66. The number of unbranched alkanes of at least 4 members (excludes halogenated alkanes) is 2. The standard InChI is InChI=1S/C26H38N2O4S/c1-5-7-14-31-25(29)22(16-19(3)4)28-23(26(30)32-15-8-6-2)17-21-18-33-24(27-21)20-12-10-9-11-13-20/h9-13,18-19,22-23,28H,5-8,14-17H2,1-4H3/t22-,23-/m0/s1. The zero-order chi connectivity index (χ0) is 24.1. The molecule has 0 aliphatic heterocycles. The van der Waals surface area contributed by atoms with Gasteiger partial charge in [-0.3, -0.25) is 14.9 Å². The van der Waals surface area contributed by atoms with Gasteiger partial charge in [0.15, 0.2) is 0 Å². The van der Waals surface area contributed by atoms with E-state index in [1.54, 1.807) is 11.3 Å². The Bertz CT molecular complexity index is 838. The number of nitrogens with one attached hydrogen (secondary N) is 1. The van der Waals surface area contributed by atoms with Crippen molar-refractivity contribution in [3.63, 3.8) is 0 Å². The lowest BCUT2D eigenvalue weighted by atomic mass is 10.0. The van der Waals surface area contributed by atoms with Crippen LogP contribution in [0.15, 0.2) is 35.7 Å². The molecule has 2 atom stereocenters. The number of nitrogens with zero attached hydrogens (tertiary/aromatic N) is 1. The summed E-state index contributed by atoms with van der Waals surface area (Å²) in [4.78, 5) is 30.4. The third kappa shape index (κ3) is 9.64. The van der Waals surface area contributed by atoms with Crippen molar-refractivity contribution in [3.8, 4) is 10.6 Å². The van der Waals surface area contributed by atoms with Gasteiger partial charge in [0.05, 0.1) is 18.9 Å². The lowest BCUT2D eigenvalue weighted by Gasteiger charge is -2.24. The highest BCUT2D eigenvalue weighted by atomic mass is 32.1.